The number of benzene rings is 3. The number of furan rings is 1. The van der Waals surface area contributed by atoms with E-state index in [-0.39, 0.29) is 17.6 Å². The van der Waals surface area contributed by atoms with Gasteiger partial charge in [0.15, 0.2) is 0 Å². The summed E-state index contributed by atoms with van der Waals surface area (Å²) < 4.78 is 19.7. The minimum atomic E-state index is -0.391. The van der Waals surface area contributed by atoms with Crippen molar-refractivity contribution in [1.82, 2.24) is 10.6 Å². The van der Waals surface area contributed by atoms with Gasteiger partial charge in [-0.05, 0) is 74.9 Å². The molecule has 4 aromatic rings. The first-order chi connectivity index (χ1) is 17.5. The quantitative estimate of drug-likeness (QED) is 0.264. The molecule has 0 aliphatic rings. The van der Waals surface area contributed by atoms with Gasteiger partial charge in [0.1, 0.15) is 17.2 Å². The third kappa shape index (κ3) is 5.28. The van der Waals surface area contributed by atoms with Crippen LogP contribution in [-0.4, -0.2) is 38.5 Å². The molecule has 0 aliphatic heterocycles. The summed E-state index contributed by atoms with van der Waals surface area (Å²) in [7, 11) is 5.14. The number of hydrogen-bond donors (Lipinski definition) is 4. The van der Waals surface area contributed by atoms with Crippen LogP contribution in [0.25, 0.3) is 33.4 Å². The van der Waals surface area contributed by atoms with Gasteiger partial charge < -0.3 is 25.7 Å². The predicted octanol–water partition coefficient (Wildman–Crippen LogP) is 5.88. The molecule has 0 fully saturated rings. The Hall–Kier alpha value is -4.33. The van der Waals surface area contributed by atoms with Crippen LogP contribution >= 0.6 is 0 Å². The maximum atomic E-state index is 13.6. The molecule has 4 N–H and O–H groups in total. The largest absolute Gasteiger partial charge is 0.455 e. The summed E-state index contributed by atoms with van der Waals surface area (Å²) in [6, 6.07) is 15.1. The summed E-state index contributed by atoms with van der Waals surface area (Å²) in [5, 5.41) is 12.6. The van der Waals surface area contributed by atoms with E-state index in [0.29, 0.717) is 33.4 Å². The lowest BCUT2D eigenvalue weighted by molar-refractivity contribution is 0.0918. The van der Waals surface area contributed by atoms with Gasteiger partial charge in [0.25, 0.3) is 11.8 Å². The summed E-state index contributed by atoms with van der Waals surface area (Å²) in [5.74, 6) is -0.541. The Kier molecular flexibility index (Phi) is 6.94. The number of anilines is 2. The molecule has 8 heteroatoms. The van der Waals surface area contributed by atoms with Crippen LogP contribution in [0.3, 0.4) is 0 Å². The molecule has 4 rings (SSSR count). The van der Waals surface area contributed by atoms with Gasteiger partial charge in [-0.1, -0.05) is 0 Å². The molecular formula is C29H31FN4O3. The Balaban J connectivity index is 1.95. The van der Waals surface area contributed by atoms with Crippen LogP contribution in [0.1, 0.15) is 41.5 Å². The molecule has 3 aromatic carbocycles. The third-order valence-corrected chi connectivity index (χ3v) is 5.94. The van der Waals surface area contributed by atoms with E-state index < -0.39 is 5.54 Å². The lowest BCUT2D eigenvalue weighted by Gasteiger charge is -2.21. The molecule has 0 spiro atoms. The molecule has 0 unspecified atom stereocenters. The minimum absolute atomic E-state index is 0.189. The van der Waals surface area contributed by atoms with Gasteiger partial charge in [-0.15, -0.1) is 0 Å². The van der Waals surface area contributed by atoms with Gasteiger partial charge in [0.2, 0.25) is 0 Å². The Bertz CT molecular complexity index is 1480. The van der Waals surface area contributed by atoms with Crippen molar-refractivity contribution in [3.8, 4) is 22.5 Å². The van der Waals surface area contributed by atoms with Crippen LogP contribution in [0.4, 0.5) is 15.8 Å². The van der Waals surface area contributed by atoms with Crippen molar-refractivity contribution in [2.24, 2.45) is 0 Å². The van der Waals surface area contributed by atoms with Gasteiger partial charge in [-0.2, -0.15) is 0 Å². The summed E-state index contributed by atoms with van der Waals surface area (Å²) in [6.45, 7) is 5.79. The second kappa shape index (κ2) is 9.97. The second-order valence-corrected chi connectivity index (χ2v) is 9.79. The highest BCUT2D eigenvalue weighted by Gasteiger charge is 2.24. The Labute approximate surface area is 215 Å². The molecule has 1 aromatic heterocycles. The Morgan fingerprint density at radius 2 is 1.54 bits per heavy atom. The number of rotatable bonds is 6. The Morgan fingerprint density at radius 1 is 0.838 bits per heavy atom. The zero-order valence-corrected chi connectivity index (χ0v) is 21.8. The third-order valence-electron chi connectivity index (χ3n) is 5.94. The zero-order valence-electron chi connectivity index (χ0n) is 21.8. The molecule has 0 atom stereocenters. The van der Waals surface area contributed by atoms with Crippen molar-refractivity contribution in [3.63, 3.8) is 0 Å². The number of carbonyl (C=O) groups is 2. The van der Waals surface area contributed by atoms with Crippen molar-refractivity contribution >= 4 is 34.2 Å². The topological polar surface area (TPSA) is 95.4 Å². The number of fused-ring (bicyclic) bond motifs is 1. The van der Waals surface area contributed by atoms with Crippen LogP contribution in [0, 0.1) is 5.82 Å². The van der Waals surface area contributed by atoms with Crippen molar-refractivity contribution in [2.45, 2.75) is 26.3 Å². The summed E-state index contributed by atoms with van der Waals surface area (Å²) >= 11 is 0. The van der Waals surface area contributed by atoms with Gasteiger partial charge in [-0.3, -0.25) is 9.59 Å². The van der Waals surface area contributed by atoms with E-state index in [2.05, 4.69) is 21.3 Å². The fraction of sp³-hybridized carbons (Fsp3) is 0.241. The molecule has 0 bridgehead atoms. The number of carbonyl (C=O) groups excluding carboxylic acids is 2. The molecule has 2 amide bonds. The molecule has 7 nitrogen and oxygen atoms in total. The van der Waals surface area contributed by atoms with E-state index >= 15 is 0 Å². The van der Waals surface area contributed by atoms with Gasteiger partial charge >= 0.3 is 0 Å². The van der Waals surface area contributed by atoms with E-state index in [1.165, 1.54) is 12.1 Å². The highest BCUT2D eigenvalue weighted by atomic mass is 19.1. The molecule has 0 radical (unpaired) electrons. The molecular weight excluding hydrogens is 471 g/mol. The monoisotopic (exact) mass is 502 g/mol. The summed E-state index contributed by atoms with van der Waals surface area (Å²) in [4.78, 5) is 26.0. The van der Waals surface area contributed by atoms with Crippen molar-refractivity contribution in [3.05, 3.63) is 71.5 Å². The minimum Gasteiger partial charge on any atom is -0.455 e. The zero-order chi connectivity index (χ0) is 26.9. The fourth-order valence-corrected chi connectivity index (χ4v) is 4.21. The van der Waals surface area contributed by atoms with Gasteiger partial charge in [-0.25, -0.2) is 4.39 Å². The highest BCUT2D eigenvalue weighted by molar-refractivity contribution is 6.13. The van der Waals surface area contributed by atoms with E-state index in [1.807, 2.05) is 45.0 Å². The standard InChI is InChI=1S/C29H31FN4O3/c1-29(2,3)34-27(35)18-11-17(12-20(13-18)31-4)21-14-22-24(15-23(21)32-5)37-26(25(22)28(36)33-6)16-7-9-19(30)10-8-16/h7-15,31-32H,1-6H3,(H,33,36)(H,34,35). The normalized spacial score (nSPS) is 11.3. The van der Waals surface area contributed by atoms with Crippen LogP contribution in [-0.2, 0) is 0 Å². The maximum Gasteiger partial charge on any atom is 0.255 e. The number of hydrogen-bond acceptors (Lipinski definition) is 5. The van der Waals surface area contributed by atoms with E-state index in [4.69, 9.17) is 4.42 Å². The summed E-state index contributed by atoms with van der Waals surface area (Å²) in [6.07, 6.45) is 0. The van der Waals surface area contributed by atoms with Crippen molar-refractivity contribution in [1.29, 1.82) is 0 Å². The van der Waals surface area contributed by atoms with Gasteiger partial charge in [0.05, 0.1) is 5.56 Å². The number of amides is 2. The van der Waals surface area contributed by atoms with E-state index in [0.717, 1.165) is 22.5 Å². The smallest absolute Gasteiger partial charge is 0.255 e. The Morgan fingerprint density at radius 3 is 2.14 bits per heavy atom. The second-order valence-electron chi connectivity index (χ2n) is 9.79. The first kappa shape index (κ1) is 25.8. The molecule has 37 heavy (non-hydrogen) atoms. The number of nitrogens with one attached hydrogen (secondary N) is 4. The summed E-state index contributed by atoms with van der Waals surface area (Å²) in [5.41, 5.74) is 4.64. The first-order valence-corrected chi connectivity index (χ1v) is 12.0. The molecule has 192 valence electrons. The highest BCUT2D eigenvalue weighted by Crippen LogP contribution is 2.40. The predicted molar refractivity (Wildman–Crippen MR) is 147 cm³/mol. The molecule has 0 saturated carbocycles. The lowest BCUT2D eigenvalue weighted by Crippen LogP contribution is -2.40. The van der Waals surface area contributed by atoms with Gasteiger partial charge in [0, 0.05) is 66.2 Å². The van der Waals surface area contributed by atoms with Crippen LogP contribution in [0.5, 0.6) is 0 Å². The van der Waals surface area contributed by atoms with E-state index in [1.54, 1.807) is 39.3 Å². The fourth-order valence-electron chi connectivity index (χ4n) is 4.21. The maximum absolute atomic E-state index is 13.6. The van der Waals surface area contributed by atoms with Crippen LogP contribution < -0.4 is 21.3 Å². The molecule has 1 heterocycles. The van der Waals surface area contributed by atoms with Crippen LogP contribution in [0.15, 0.2) is 59.0 Å². The van der Waals surface area contributed by atoms with E-state index in [9.17, 15) is 14.0 Å². The van der Waals surface area contributed by atoms with Crippen molar-refractivity contribution < 1.29 is 18.4 Å². The van der Waals surface area contributed by atoms with Crippen molar-refractivity contribution in [2.75, 3.05) is 31.8 Å². The lowest BCUT2D eigenvalue weighted by atomic mass is 9.96. The average molecular weight is 503 g/mol. The first-order valence-electron chi connectivity index (χ1n) is 12.0. The molecule has 0 saturated heterocycles. The number of halogens is 1. The molecule has 0 aliphatic carbocycles. The SMILES string of the molecule is CNC(=O)c1c(-c2ccc(F)cc2)oc2cc(NC)c(-c3cc(NC)cc(C(=O)NC(C)(C)C)c3)cc12. The average Bonchev–Trinajstić information content (AvgIpc) is 3.24. The van der Waals surface area contributed by atoms with Crippen LogP contribution in [0.2, 0.25) is 0 Å².